The summed E-state index contributed by atoms with van der Waals surface area (Å²) in [5.41, 5.74) is 1.90. The van der Waals surface area contributed by atoms with Crippen LogP contribution in [0.2, 0.25) is 0 Å². The number of carbonyl (C=O) groups is 1. The van der Waals surface area contributed by atoms with Crippen LogP contribution in [0, 0.1) is 0 Å². The Morgan fingerprint density at radius 2 is 2.15 bits per heavy atom. The summed E-state index contributed by atoms with van der Waals surface area (Å²) in [4.78, 5) is 19.5. The third-order valence-electron chi connectivity index (χ3n) is 4.15. The second-order valence-corrected chi connectivity index (χ2v) is 6.79. The average Bonchev–Trinajstić information content (AvgIpc) is 3.27. The van der Waals surface area contributed by atoms with Gasteiger partial charge in [-0.3, -0.25) is 4.79 Å². The number of hydrogen-bond acceptors (Lipinski definition) is 5. The highest BCUT2D eigenvalue weighted by atomic mass is 32.2. The summed E-state index contributed by atoms with van der Waals surface area (Å²) >= 11 is 1.69. The Hall–Kier alpha value is -2.25. The fraction of sp³-hybridized carbons (Fsp3) is 0.368. The van der Waals surface area contributed by atoms with Gasteiger partial charge in [0.1, 0.15) is 18.1 Å². The molecule has 0 spiro atoms. The van der Waals surface area contributed by atoms with E-state index in [-0.39, 0.29) is 12.5 Å². The molecule has 3 rings (SSSR count). The Balaban J connectivity index is 1.83. The first-order valence-corrected chi connectivity index (χ1v) is 9.84. The molecule has 0 N–H and O–H groups in total. The number of carbonyl (C=O) groups excluding carboxylic acids is 1. The molecule has 0 saturated heterocycles. The van der Waals surface area contributed by atoms with Gasteiger partial charge in [0.05, 0.1) is 36.2 Å². The number of thioether (sulfide) groups is 1. The van der Waals surface area contributed by atoms with Gasteiger partial charge in [-0.2, -0.15) is 11.8 Å². The van der Waals surface area contributed by atoms with Crippen molar-refractivity contribution in [1.82, 2.24) is 14.5 Å². The van der Waals surface area contributed by atoms with Gasteiger partial charge in [-0.15, -0.1) is 0 Å². The van der Waals surface area contributed by atoms with Crippen molar-refractivity contribution in [3.63, 3.8) is 0 Å². The van der Waals surface area contributed by atoms with E-state index in [2.05, 4.69) is 4.98 Å². The first kappa shape index (κ1) is 18.5. The number of para-hydroxylation sites is 2. The normalized spacial score (nSPS) is 11.2. The summed E-state index contributed by atoms with van der Waals surface area (Å²) in [5, 5.41) is 0. The van der Waals surface area contributed by atoms with E-state index in [4.69, 9.17) is 9.15 Å². The van der Waals surface area contributed by atoms with Crippen molar-refractivity contribution in [3.8, 4) is 0 Å². The van der Waals surface area contributed by atoms with Gasteiger partial charge in [-0.1, -0.05) is 12.1 Å². The molecule has 6 nitrogen and oxygen atoms in total. The van der Waals surface area contributed by atoms with Gasteiger partial charge >= 0.3 is 0 Å². The van der Waals surface area contributed by atoms with Crippen LogP contribution in [0.25, 0.3) is 11.0 Å². The highest BCUT2D eigenvalue weighted by Crippen LogP contribution is 2.19. The zero-order valence-corrected chi connectivity index (χ0v) is 15.9. The van der Waals surface area contributed by atoms with Crippen molar-refractivity contribution in [2.45, 2.75) is 18.8 Å². The summed E-state index contributed by atoms with van der Waals surface area (Å²) in [7, 11) is 1.63. The molecule has 0 aliphatic carbocycles. The molecular weight excluding hydrogens is 350 g/mol. The van der Waals surface area contributed by atoms with E-state index >= 15 is 0 Å². The number of rotatable bonds is 9. The number of amides is 1. The van der Waals surface area contributed by atoms with Crippen molar-refractivity contribution >= 4 is 28.7 Å². The molecule has 1 aromatic carbocycles. The highest BCUT2D eigenvalue weighted by molar-refractivity contribution is 7.97. The number of methoxy groups -OCH3 is 1. The number of ether oxygens (including phenoxy) is 1. The van der Waals surface area contributed by atoms with E-state index in [1.807, 2.05) is 47.2 Å². The molecule has 0 aliphatic rings. The molecule has 0 aliphatic heterocycles. The molecule has 0 radical (unpaired) electrons. The van der Waals surface area contributed by atoms with Crippen molar-refractivity contribution in [2.24, 2.45) is 0 Å². The highest BCUT2D eigenvalue weighted by Gasteiger charge is 2.19. The second kappa shape index (κ2) is 8.91. The van der Waals surface area contributed by atoms with Gasteiger partial charge in [0.2, 0.25) is 5.91 Å². The summed E-state index contributed by atoms with van der Waals surface area (Å²) in [6.07, 6.45) is 3.65. The number of aromatic nitrogens is 2. The minimum atomic E-state index is 0.0176. The minimum absolute atomic E-state index is 0.0176. The largest absolute Gasteiger partial charge is 0.467 e. The van der Waals surface area contributed by atoms with Gasteiger partial charge in [-0.25, -0.2) is 4.98 Å². The van der Waals surface area contributed by atoms with Crippen molar-refractivity contribution in [3.05, 3.63) is 54.2 Å². The zero-order valence-electron chi connectivity index (χ0n) is 15.1. The average molecular weight is 373 g/mol. The molecule has 7 heteroatoms. The lowest BCUT2D eigenvalue weighted by Crippen LogP contribution is -2.36. The van der Waals surface area contributed by atoms with E-state index in [9.17, 15) is 4.79 Å². The van der Waals surface area contributed by atoms with E-state index in [1.165, 1.54) is 0 Å². The number of imidazole rings is 1. The zero-order chi connectivity index (χ0) is 18.4. The molecule has 0 saturated carbocycles. The first-order valence-electron chi connectivity index (χ1n) is 8.45. The smallest absolute Gasteiger partial charge is 0.243 e. The quantitative estimate of drug-likeness (QED) is 0.577. The summed E-state index contributed by atoms with van der Waals surface area (Å²) in [6, 6.07) is 11.6. The maximum Gasteiger partial charge on any atom is 0.243 e. The topological polar surface area (TPSA) is 60.5 Å². The molecule has 26 heavy (non-hydrogen) atoms. The van der Waals surface area contributed by atoms with Crippen LogP contribution in [0.1, 0.15) is 11.6 Å². The van der Waals surface area contributed by atoms with Gasteiger partial charge in [-0.05, 0) is 30.5 Å². The predicted molar refractivity (Wildman–Crippen MR) is 103 cm³/mol. The molecule has 138 valence electrons. The Bertz CT molecular complexity index is 845. The number of nitrogens with zero attached hydrogens (tertiary/aromatic N) is 3. The van der Waals surface area contributed by atoms with Crippen molar-refractivity contribution in [2.75, 3.05) is 26.5 Å². The fourth-order valence-electron chi connectivity index (χ4n) is 2.86. The Morgan fingerprint density at radius 1 is 1.31 bits per heavy atom. The van der Waals surface area contributed by atoms with E-state index in [0.717, 1.165) is 28.4 Å². The van der Waals surface area contributed by atoms with Crippen LogP contribution in [0.15, 0.2) is 47.1 Å². The predicted octanol–water partition coefficient (Wildman–Crippen LogP) is 3.17. The fourth-order valence-corrected chi connectivity index (χ4v) is 3.34. The van der Waals surface area contributed by atoms with E-state index in [0.29, 0.717) is 19.7 Å². The van der Waals surface area contributed by atoms with Crippen LogP contribution < -0.4 is 0 Å². The summed E-state index contributed by atoms with van der Waals surface area (Å²) in [5.74, 6) is 2.45. The van der Waals surface area contributed by atoms with Crippen LogP contribution in [0.3, 0.4) is 0 Å². The number of furan rings is 1. The third kappa shape index (κ3) is 4.28. The lowest BCUT2D eigenvalue weighted by Gasteiger charge is -2.22. The maximum absolute atomic E-state index is 13.0. The van der Waals surface area contributed by atoms with E-state index in [1.54, 1.807) is 30.0 Å². The molecule has 0 unspecified atom stereocenters. The number of hydrogen-bond donors (Lipinski definition) is 0. The number of fused-ring (bicyclic) bond motifs is 1. The molecule has 2 aromatic heterocycles. The third-order valence-corrected chi connectivity index (χ3v) is 4.69. The van der Waals surface area contributed by atoms with Crippen molar-refractivity contribution < 1.29 is 13.9 Å². The van der Waals surface area contributed by atoms with Crippen LogP contribution in [-0.4, -0.2) is 46.9 Å². The number of benzene rings is 1. The SMILES string of the molecule is COCCN(Cc1ccco1)C(=O)Cn1c(CSC)nc2ccccc21. The lowest BCUT2D eigenvalue weighted by atomic mass is 10.3. The van der Waals surface area contributed by atoms with Gasteiger partial charge in [0.25, 0.3) is 0 Å². The molecule has 3 aromatic rings. The summed E-state index contributed by atoms with van der Waals surface area (Å²) < 4.78 is 12.6. The van der Waals surface area contributed by atoms with E-state index < -0.39 is 0 Å². The van der Waals surface area contributed by atoms with Crippen molar-refractivity contribution in [1.29, 1.82) is 0 Å². The Kier molecular flexibility index (Phi) is 6.35. The van der Waals surface area contributed by atoms with Gasteiger partial charge < -0.3 is 18.6 Å². The van der Waals surface area contributed by atoms with Crippen LogP contribution >= 0.6 is 11.8 Å². The monoisotopic (exact) mass is 373 g/mol. The first-order chi connectivity index (χ1) is 12.7. The minimum Gasteiger partial charge on any atom is -0.467 e. The molecular formula is C19H23N3O3S. The maximum atomic E-state index is 13.0. The lowest BCUT2D eigenvalue weighted by molar-refractivity contribution is -0.133. The second-order valence-electron chi connectivity index (χ2n) is 5.92. The molecule has 0 atom stereocenters. The van der Waals surface area contributed by atoms with Crippen LogP contribution in [-0.2, 0) is 28.4 Å². The molecule has 0 bridgehead atoms. The Labute approximate surface area is 157 Å². The molecule has 1 amide bonds. The van der Waals surface area contributed by atoms with Gasteiger partial charge in [0.15, 0.2) is 0 Å². The summed E-state index contributed by atoms with van der Waals surface area (Å²) in [6.45, 7) is 1.68. The standard InChI is InChI=1S/C19H23N3O3S/c1-24-11-9-21(12-15-6-5-10-25-15)19(23)13-22-17-8-4-3-7-16(17)20-18(22)14-26-2/h3-8,10H,9,11-14H2,1-2H3. The molecule has 0 fully saturated rings. The molecule has 2 heterocycles. The van der Waals surface area contributed by atoms with Gasteiger partial charge in [0, 0.05) is 13.7 Å². The Morgan fingerprint density at radius 3 is 2.88 bits per heavy atom. The van der Waals surface area contributed by atoms with Crippen LogP contribution in [0.5, 0.6) is 0 Å². The van der Waals surface area contributed by atoms with Crippen LogP contribution in [0.4, 0.5) is 0 Å².